The van der Waals surface area contributed by atoms with Crippen LogP contribution >= 0.6 is 0 Å². The summed E-state index contributed by atoms with van der Waals surface area (Å²) in [5, 5.41) is 4.01. The zero-order valence-electron chi connectivity index (χ0n) is 18.8. The van der Waals surface area contributed by atoms with Gasteiger partial charge in [-0.3, -0.25) is 9.59 Å². The Morgan fingerprint density at radius 2 is 1.12 bits per heavy atom. The van der Waals surface area contributed by atoms with Crippen molar-refractivity contribution in [1.82, 2.24) is 0 Å². The van der Waals surface area contributed by atoms with Gasteiger partial charge in [0.15, 0.2) is 11.6 Å². The minimum atomic E-state index is -0.0215. The van der Waals surface area contributed by atoms with Crippen LogP contribution in [-0.4, -0.2) is 11.6 Å². The summed E-state index contributed by atoms with van der Waals surface area (Å²) in [5.74, 6) is 0.0413. The van der Waals surface area contributed by atoms with E-state index in [9.17, 15) is 9.59 Å². The van der Waals surface area contributed by atoms with Crippen molar-refractivity contribution >= 4 is 39.1 Å². The van der Waals surface area contributed by atoms with E-state index in [4.69, 9.17) is 0 Å². The molecule has 156 valence electrons. The fourth-order valence-corrected chi connectivity index (χ4v) is 5.47. The number of hydrogen-bond acceptors (Lipinski definition) is 2. The Hall–Kier alpha value is -3.78. The molecule has 0 heterocycles. The largest absolute Gasteiger partial charge is 0.289 e. The van der Waals surface area contributed by atoms with Crippen LogP contribution in [0.4, 0.5) is 0 Å². The molecular formula is C30H24O2. The monoisotopic (exact) mass is 416 g/mol. The lowest BCUT2D eigenvalue weighted by Gasteiger charge is -2.24. The molecule has 0 aromatic heterocycles. The Balaban J connectivity index is 2.10. The predicted octanol–water partition coefficient (Wildman–Crippen LogP) is 5.37. The first kappa shape index (κ1) is 20.1. The molecule has 0 saturated carbocycles. The van der Waals surface area contributed by atoms with Crippen molar-refractivity contribution in [3.63, 3.8) is 0 Å². The molecule has 0 unspecified atom stereocenters. The number of allylic oxidation sites excluding steroid dienone is 4. The molecule has 0 spiro atoms. The summed E-state index contributed by atoms with van der Waals surface area (Å²) in [4.78, 5) is 26.5. The van der Waals surface area contributed by atoms with E-state index >= 15 is 0 Å². The first-order valence-electron chi connectivity index (χ1n) is 10.8. The van der Waals surface area contributed by atoms with Gasteiger partial charge < -0.3 is 0 Å². The van der Waals surface area contributed by atoms with Crippen molar-refractivity contribution in [3.05, 3.63) is 100.0 Å². The molecule has 0 saturated heterocycles. The first-order chi connectivity index (χ1) is 15.3. The number of carbonyl (C=O) groups is 2. The van der Waals surface area contributed by atoms with E-state index in [1.165, 1.54) is 0 Å². The molecule has 32 heavy (non-hydrogen) atoms. The maximum atomic E-state index is 13.3. The molecule has 0 bridgehead atoms. The van der Waals surface area contributed by atoms with E-state index in [0.717, 1.165) is 65.7 Å². The molecule has 2 aliphatic carbocycles. The van der Waals surface area contributed by atoms with Crippen LogP contribution in [0.15, 0.2) is 67.3 Å². The summed E-state index contributed by atoms with van der Waals surface area (Å²) in [5.41, 5.74) is 8.82. The van der Waals surface area contributed by atoms with E-state index in [-0.39, 0.29) is 11.6 Å². The van der Waals surface area contributed by atoms with Gasteiger partial charge >= 0.3 is 0 Å². The van der Waals surface area contributed by atoms with Gasteiger partial charge in [-0.25, -0.2) is 0 Å². The number of carbonyl (C=O) groups excluding carboxylic acids is 2. The van der Waals surface area contributed by atoms with Crippen LogP contribution in [0, 0.1) is 13.8 Å². The zero-order chi connectivity index (χ0) is 22.9. The minimum absolute atomic E-state index is 0.0215. The van der Waals surface area contributed by atoms with Gasteiger partial charge in [-0.05, 0) is 82.3 Å². The fourth-order valence-electron chi connectivity index (χ4n) is 5.47. The van der Waals surface area contributed by atoms with Gasteiger partial charge in [0, 0.05) is 22.3 Å². The fraction of sp³-hybridized carbons (Fsp3) is 0.133. The number of benzene rings is 3. The number of Topliss-reactive ketones (excluding diaryl/α,β-unsaturated/α-hetero) is 2. The number of aryl methyl sites for hydroxylation is 2. The maximum Gasteiger partial charge on any atom is 0.189 e. The molecule has 3 aromatic rings. The molecule has 0 N–H and O–H groups in total. The molecule has 2 nitrogen and oxygen atoms in total. The van der Waals surface area contributed by atoms with Crippen LogP contribution in [-0.2, 0) is 4.79 Å². The Bertz CT molecular complexity index is 1610. The van der Waals surface area contributed by atoms with Crippen LogP contribution in [0.1, 0.15) is 40.9 Å². The average Bonchev–Trinajstić information content (AvgIpc) is 2.79. The second kappa shape index (κ2) is 6.86. The molecule has 0 fully saturated rings. The van der Waals surface area contributed by atoms with Crippen molar-refractivity contribution < 1.29 is 9.59 Å². The Kier molecular flexibility index (Phi) is 4.32. The lowest BCUT2D eigenvalue weighted by Crippen LogP contribution is -2.29. The summed E-state index contributed by atoms with van der Waals surface area (Å²) in [6.45, 7) is 15.8. The van der Waals surface area contributed by atoms with Gasteiger partial charge in [0.2, 0.25) is 0 Å². The van der Waals surface area contributed by atoms with Crippen LogP contribution in [0.25, 0.3) is 38.6 Å². The Morgan fingerprint density at radius 1 is 0.625 bits per heavy atom. The zero-order valence-corrected chi connectivity index (χ0v) is 18.8. The van der Waals surface area contributed by atoms with Gasteiger partial charge in [0.1, 0.15) is 0 Å². The van der Waals surface area contributed by atoms with E-state index in [1.807, 2.05) is 38.1 Å². The highest BCUT2D eigenvalue weighted by Gasteiger charge is 2.28. The van der Waals surface area contributed by atoms with Crippen LogP contribution in [0.3, 0.4) is 0 Å². The average molecular weight is 417 g/mol. The normalized spacial score (nSPS) is 15.0. The number of fused-ring (bicyclic) bond motifs is 7. The molecular weight excluding hydrogens is 392 g/mol. The van der Waals surface area contributed by atoms with Crippen molar-refractivity contribution in [2.75, 3.05) is 0 Å². The molecule has 5 rings (SSSR count). The van der Waals surface area contributed by atoms with Crippen LogP contribution < -0.4 is 10.4 Å². The summed E-state index contributed by atoms with van der Waals surface area (Å²) < 4.78 is 0. The van der Waals surface area contributed by atoms with Crippen LogP contribution in [0.5, 0.6) is 0 Å². The highest BCUT2D eigenvalue weighted by atomic mass is 16.1. The molecule has 3 aromatic carbocycles. The van der Waals surface area contributed by atoms with Crippen molar-refractivity contribution in [3.8, 4) is 11.1 Å². The van der Waals surface area contributed by atoms with Gasteiger partial charge in [-0.15, -0.1) is 0 Å². The molecule has 0 aliphatic heterocycles. The quantitative estimate of drug-likeness (QED) is 0.563. The topological polar surface area (TPSA) is 34.1 Å². The van der Waals surface area contributed by atoms with E-state index < -0.39 is 0 Å². The second-order valence-electron chi connectivity index (χ2n) is 8.67. The minimum Gasteiger partial charge on any atom is -0.289 e. The van der Waals surface area contributed by atoms with E-state index in [0.29, 0.717) is 11.1 Å². The summed E-state index contributed by atoms with van der Waals surface area (Å²) in [6.07, 6.45) is 3.37. The lowest BCUT2D eigenvalue weighted by atomic mass is 9.78. The molecule has 0 atom stereocenters. The highest BCUT2D eigenvalue weighted by molar-refractivity contribution is 6.32. The van der Waals surface area contributed by atoms with Crippen molar-refractivity contribution in [2.45, 2.75) is 27.7 Å². The van der Waals surface area contributed by atoms with Gasteiger partial charge in [0.25, 0.3) is 0 Å². The highest BCUT2D eigenvalue weighted by Crippen LogP contribution is 2.34. The standard InChI is InChI=1S/C30H24O2/c1-7-19-20(8-2)29(31)17(5)27-23(19)13-15(3)26-25(27)16(4)14-24-21-11-9-10-12-22(21)30(32)18(6)28(24)26/h7-14H,1-2H2,3-6H3. The summed E-state index contributed by atoms with van der Waals surface area (Å²) in [6, 6.07) is 12.1. The first-order valence-corrected chi connectivity index (χ1v) is 10.8. The van der Waals surface area contributed by atoms with Crippen molar-refractivity contribution in [2.24, 2.45) is 0 Å². The SMILES string of the molecule is C=CC1=C(C=C)c2cc(C)c3c4c(cc(C)c3c2=C(C)C1=O)-c1ccccc1C(=O)C=4C. The molecule has 2 heteroatoms. The molecule has 0 amide bonds. The maximum absolute atomic E-state index is 13.3. The lowest BCUT2D eigenvalue weighted by molar-refractivity contribution is -0.110. The van der Waals surface area contributed by atoms with E-state index in [1.54, 1.807) is 12.2 Å². The molecule has 2 aliphatic rings. The van der Waals surface area contributed by atoms with Crippen LogP contribution in [0.2, 0.25) is 0 Å². The third kappa shape index (κ3) is 2.41. The van der Waals surface area contributed by atoms with E-state index in [2.05, 4.69) is 39.1 Å². The van der Waals surface area contributed by atoms with Crippen molar-refractivity contribution in [1.29, 1.82) is 0 Å². The Morgan fingerprint density at radius 3 is 1.72 bits per heavy atom. The third-order valence-electron chi connectivity index (χ3n) is 6.93. The number of hydrogen-bond donors (Lipinski definition) is 0. The smallest absolute Gasteiger partial charge is 0.189 e. The predicted molar refractivity (Wildman–Crippen MR) is 133 cm³/mol. The van der Waals surface area contributed by atoms with Gasteiger partial charge in [-0.2, -0.15) is 0 Å². The van der Waals surface area contributed by atoms with Gasteiger partial charge in [-0.1, -0.05) is 61.7 Å². The second-order valence-corrected chi connectivity index (χ2v) is 8.67. The number of rotatable bonds is 2. The summed E-state index contributed by atoms with van der Waals surface area (Å²) in [7, 11) is 0. The number of ketones is 2. The van der Waals surface area contributed by atoms with Gasteiger partial charge in [0.05, 0.1) is 0 Å². The third-order valence-corrected chi connectivity index (χ3v) is 6.93. The summed E-state index contributed by atoms with van der Waals surface area (Å²) >= 11 is 0. The molecule has 0 radical (unpaired) electrons. The Labute approximate surface area is 187 Å².